The third kappa shape index (κ3) is 1.28. The summed E-state index contributed by atoms with van der Waals surface area (Å²) >= 11 is 0. The monoisotopic (exact) mass is 191 g/mol. The number of guanidine groups is 1. The molecule has 14 heavy (non-hydrogen) atoms. The first kappa shape index (κ1) is 8.55. The smallest absolute Gasteiger partial charge is 0.274 e. The SMILES string of the molecule is CN1C(=N)NC(=O)/C1=C\c1ccco1. The molecule has 0 saturated carbocycles. The second-order valence-electron chi connectivity index (χ2n) is 2.91. The van der Waals surface area contributed by atoms with E-state index >= 15 is 0 Å². The van der Waals surface area contributed by atoms with Gasteiger partial charge < -0.3 is 9.32 Å². The maximum Gasteiger partial charge on any atom is 0.274 e. The van der Waals surface area contributed by atoms with E-state index in [0.717, 1.165) is 0 Å². The first-order valence-corrected chi connectivity index (χ1v) is 4.07. The highest BCUT2D eigenvalue weighted by Gasteiger charge is 2.26. The van der Waals surface area contributed by atoms with Crippen LogP contribution in [0.4, 0.5) is 0 Å². The van der Waals surface area contributed by atoms with Crippen LogP contribution >= 0.6 is 0 Å². The molecule has 1 amide bonds. The number of rotatable bonds is 1. The van der Waals surface area contributed by atoms with Crippen molar-refractivity contribution in [3.8, 4) is 0 Å². The van der Waals surface area contributed by atoms with Gasteiger partial charge in [0.25, 0.3) is 5.91 Å². The molecule has 2 heterocycles. The van der Waals surface area contributed by atoms with Crippen molar-refractivity contribution in [3.63, 3.8) is 0 Å². The number of nitrogens with zero attached hydrogens (tertiary/aromatic N) is 1. The number of carbonyl (C=O) groups is 1. The minimum absolute atomic E-state index is 0.0767. The summed E-state index contributed by atoms with van der Waals surface area (Å²) in [5.41, 5.74) is 0.407. The van der Waals surface area contributed by atoms with Gasteiger partial charge in [0.1, 0.15) is 11.5 Å². The van der Waals surface area contributed by atoms with Crippen molar-refractivity contribution in [2.24, 2.45) is 0 Å². The third-order valence-electron chi connectivity index (χ3n) is 1.98. The van der Waals surface area contributed by atoms with Crippen LogP contribution in [0.1, 0.15) is 5.76 Å². The molecule has 5 nitrogen and oxygen atoms in total. The van der Waals surface area contributed by atoms with Crippen LogP contribution in [0.25, 0.3) is 6.08 Å². The standard InChI is InChI=1S/C9H9N3O2/c1-12-7(8(13)11-9(12)10)5-6-3-2-4-14-6/h2-5H,1H3,(H2,10,11,13)/b7-5+. The van der Waals surface area contributed by atoms with E-state index in [1.165, 1.54) is 11.2 Å². The zero-order valence-corrected chi connectivity index (χ0v) is 7.57. The Labute approximate surface area is 80.5 Å². The Morgan fingerprint density at radius 2 is 2.43 bits per heavy atom. The van der Waals surface area contributed by atoms with Crippen molar-refractivity contribution in [3.05, 3.63) is 29.9 Å². The summed E-state index contributed by atoms with van der Waals surface area (Å²) in [6, 6.07) is 3.49. The van der Waals surface area contributed by atoms with E-state index in [-0.39, 0.29) is 11.9 Å². The zero-order valence-electron chi connectivity index (χ0n) is 7.57. The number of amides is 1. The molecule has 0 aliphatic carbocycles. The predicted octanol–water partition coefficient (Wildman–Crippen LogP) is 0.617. The Morgan fingerprint density at radius 1 is 1.64 bits per heavy atom. The summed E-state index contributed by atoms with van der Waals surface area (Å²) in [4.78, 5) is 12.8. The zero-order chi connectivity index (χ0) is 10.1. The molecule has 1 fully saturated rings. The van der Waals surface area contributed by atoms with Gasteiger partial charge in [-0.3, -0.25) is 15.5 Å². The molecule has 0 bridgehead atoms. The molecular weight excluding hydrogens is 182 g/mol. The van der Waals surface area contributed by atoms with Gasteiger partial charge in [-0.05, 0) is 12.1 Å². The van der Waals surface area contributed by atoms with E-state index in [4.69, 9.17) is 9.83 Å². The van der Waals surface area contributed by atoms with Gasteiger partial charge in [-0.15, -0.1) is 0 Å². The van der Waals surface area contributed by atoms with Gasteiger partial charge >= 0.3 is 0 Å². The van der Waals surface area contributed by atoms with Crippen molar-refractivity contribution >= 4 is 17.9 Å². The van der Waals surface area contributed by atoms with E-state index in [2.05, 4.69) is 5.32 Å². The molecule has 0 atom stereocenters. The summed E-state index contributed by atoms with van der Waals surface area (Å²) in [6.45, 7) is 0. The largest absolute Gasteiger partial charge is 0.465 e. The molecule has 1 aromatic heterocycles. The molecule has 1 saturated heterocycles. The Hall–Kier alpha value is -2.04. The van der Waals surface area contributed by atoms with Crippen LogP contribution in [-0.2, 0) is 4.79 Å². The molecule has 0 radical (unpaired) electrons. The maximum absolute atomic E-state index is 11.3. The lowest BCUT2D eigenvalue weighted by Crippen LogP contribution is -2.25. The molecule has 2 N–H and O–H groups in total. The second-order valence-corrected chi connectivity index (χ2v) is 2.91. The Kier molecular flexibility index (Phi) is 1.85. The molecule has 1 aromatic rings. The molecule has 0 spiro atoms. The summed E-state index contributed by atoms with van der Waals surface area (Å²) < 4.78 is 5.07. The van der Waals surface area contributed by atoms with E-state index < -0.39 is 0 Å². The van der Waals surface area contributed by atoms with E-state index in [1.807, 2.05) is 0 Å². The second kappa shape index (κ2) is 3.02. The van der Waals surface area contributed by atoms with Crippen molar-refractivity contribution in [1.29, 1.82) is 5.41 Å². The highest BCUT2D eigenvalue weighted by Crippen LogP contribution is 2.14. The van der Waals surface area contributed by atoms with Crippen molar-refractivity contribution in [1.82, 2.24) is 10.2 Å². The van der Waals surface area contributed by atoms with Crippen LogP contribution in [0.3, 0.4) is 0 Å². The van der Waals surface area contributed by atoms with Gasteiger partial charge in [-0.1, -0.05) is 0 Å². The Bertz CT molecular complexity index is 406. The van der Waals surface area contributed by atoms with E-state index in [1.54, 1.807) is 25.3 Å². The fourth-order valence-electron chi connectivity index (χ4n) is 1.20. The van der Waals surface area contributed by atoms with E-state index in [0.29, 0.717) is 11.5 Å². The van der Waals surface area contributed by atoms with Crippen molar-refractivity contribution < 1.29 is 9.21 Å². The predicted molar refractivity (Wildman–Crippen MR) is 50.3 cm³/mol. The Balaban J connectivity index is 2.34. The molecule has 0 aromatic carbocycles. The summed E-state index contributed by atoms with van der Waals surface area (Å²) in [7, 11) is 1.65. The first-order chi connectivity index (χ1) is 6.68. The van der Waals surface area contributed by atoms with Crippen LogP contribution in [-0.4, -0.2) is 23.8 Å². The number of likely N-dealkylation sites (N-methyl/N-ethyl adjacent to an activating group) is 1. The maximum atomic E-state index is 11.3. The highest BCUT2D eigenvalue weighted by atomic mass is 16.3. The minimum atomic E-state index is -0.283. The topological polar surface area (TPSA) is 69.3 Å². The van der Waals surface area contributed by atoms with Gasteiger partial charge in [0.05, 0.1) is 6.26 Å². The van der Waals surface area contributed by atoms with Crippen LogP contribution in [0.15, 0.2) is 28.5 Å². The fourth-order valence-corrected chi connectivity index (χ4v) is 1.20. The molecular formula is C9H9N3O2. The molecule has 1 aliphatic rings. The highest BCUT2D eigenvalue weighted by molar-refractivity contribution is 6.14. The van der Waals surface area contributed by atoms with Gasteiger partial charge in [0, 0.05) is 13.1 Å². The number of hydrogen-bond acceptors (Lipinski definition) is 3. The van der Waals surface area contributed by atoms with Crippen molar-refractivity contribution in [2.45, 2.75) is 0 Å². The third-order valence-corrected chi connectivity index (χ3v) is 1.98. The molecule has 1 aliphatic heterocycles. The molecule has 5 heteroatoms. The lowest BCUT2D eigenvalue weighted by atomic mass is 10.3. The summed E-state index contributed by atoms with van der Waals surface area (Å²) in [5, 5.41) is 9.76. The normalized spacial score (nSPS) is 19.2. The van der Waals surface area contributed by atoms with Gasteiger partial charge in [0.15, 0.2) is 0 Å². The number of nitrogens with one attached hydrogen (secondary N) is 2. The van der Waals surface area contributed by atoms with Crippen LogP contribution < -0.4 is 5.32 Å². The van der Waals surface area contributed by atoms with E-state index in [9.17, 15) is 4.79 Å². The minimum Gasteiger partial charge on any atom is -0.465 e. The van der Waals surface area contributed by atoms with Crippen molar-refractivity contribution in [2.75, 3.05) is 7.05 Å². The van der Waals surface area contributed by atoms with Gasteiger partial charge in [-0.2, -0.15) is 0 Å². The summed E-state index contributed by atoms with van der Waals surface area (Å²) in [6.07, 6.45) is 3.13. The van der Waals surface area contributed by atoms with Crippen LogP contribution in [0.2, 0.25) is 0 Å². The average molecular weight is 191 g/mol. The number of hydrogen-bond donors (Lipinski definition) is 2. The number of carbonyl (C=O) groups excluding carboxylic acids is 1. The fraction of sp³-hybridized carbons (Fsp3) is 0.111. The van der Waals surface area contributed by atoms with Gasteiger partial charge in [0.2, 0.25) is 5.96 Å². The van der Waals surface area contributed by atoms with Gasteiger partial charge in [-0.25, -0.2) is 0 Å². The first-order valence-electron chi connectivity index (χ1n) is 4.07. The molecule has 0 unspecified atom stereocenters. The summed E-state index contributed by atoms with van der Waals surface area (Å²) in [5.74, 6) is 0.387. The number of furan rings is 1. The quantitative estimate of drug-likeness (QED) is 0.639. The van der Waals surface area contributed by atoms with Crippen LogP contribution in [0, 0.1) is 5.41 Å². The lowest BCUT2D eigenvalue weighted by Gasteiger charge is -2.07. The molecule has 2 rings (SSSR count). The Morgan fingerprint density at radius 3 is 2.93 bits per heavy atom. The molecule has 72 valence electrons. The van der Waals surface area contributed by atoms with Crippen LogP contribution in [0.5, 0.6) is 0 Å². The average Bonchev–Trinajstić information content (AvgIpc) is 2.71. The lowest BCUT2D eigenvalue weighted by molar-refractivity contribution is -0.115.